The van der Waals surface area contributed by atoms with E-state index in [1.54, 1.807) is 18.5 Å². The molecule has 0 radical (unpaired) electrons. The molecule has 0 aliphatic carbocycles. The number of fused-ring (bicyclic) bond motifs is 2. The van der Waals surface area contributed by atoms with Crippen molar-refractivity contribution in [1.29, 1.82) is 0 Å². The minimum Gasteiger partial charge on any atom is -0.291 e. The van der Waals surface area contributed by atoms with Gasteiger partial charge in [0.15, 0.2) is 0 Å². The zero-order valence-corrected chi connectivity index (χ0v) is 17.0. The number of benzene rings is 1. The summed E-state index contributed by atoms with van der Waals surface area (Å²) in [6.45, 7) is 0.263. The lowest BCUT2D eigenvalue weighted by atomic mass is 9.91. The molecule has 156 valence electrons. The highest BCUT2D eigenvalue weighted by atomic mass is 32.2. The van der Waals surface area contributed by atoms with Gasteiger partial charge in [-0.25, -0.2) is 18.2 Å². The van der Waals surface area contributed by atoms with Crippen LogP contribution in [-0.4, -0.2) is 39.2 Å². The summed E-state index contributed by atoms with van der Waals surface area (Å²) in [4.78, 5) is 36.2. The van der Waals surface area contributed by atoms with Crippen molar-refractivity contribution >= 4 is 21.1 Å². The molecular weight excluding hydrogens is 418 g/mol. The van der Waals surface area contributed by atoms with Gasteiger partial charge in [-0.15, -0.1) is 0 Å². The Balaban J connectivity index is 1.68. The summed E-state index contributed by atoms with van der Waals surface area (Å²) in [6.07, 6.45) is 5.01. The van der Waals surface area contributed by atoms with E-state index < -0.39 is 27.3 Å². The van der Waals surface area contributed by atoms with Gasteiger partial charge in [0.25, 0.3) is 5.56 Å². The van der Waals surface area contributed by atoms with E-state index in [0.29, 0.717) is 6.42 Å². The van der Waals surface area contributed by atoms with Crippen LogP contribution in [-0.2, 0) is 16.4 Å². The third-order valence-corrected chi connectivity index (χ3v) is 7.24. The molecule has 2 N–H and O–H groups in total. The van der Waals surface area contributed by atoms with E-state index in [9.17, 15) is 18.0 Å². The number of nitrogens with one attached hydrogen (secondary N) is 2. The van der Waals surface area contributed by atoms with Gasteiger partial charge in [0, 0.05) is 25.1 Å². The highest BCUT2D eigenvalue weighted by Crippen LogP contribution is 2.38. The number of sulfonamides is 1. The lowest BCUT2D eigenvalue weighted by Crippen LogP contribution is -2.40. The monoisotopic (exact) mass is 435 g/mol. The molecule has 4 heterocycles. The van der Waals surface area contributed by atoms with Gasteiger partial charge in [0.05, 0.1) is 11.4 Å². The predicted octanol–water partition coefficient (Wildman–Crippen LogP) is 1.34. The lowest BCUT2D eigenvalue weighted by Gasteiger charge is -2.36. The first kappa shape index (κ1) is 19.3. The Hall–Kier alpha value is -3.63. The molecule has 10 heteroatoms. The Bertz CT molecular complexity index is 1510. The Kier molecular flexibility index (Phi) is 4.53. The molecule has 31 heavy (non-hydrogen) atoms. The van der Waals surface area contributed by atoms with Gasteiger partial charge >= 0.3 is 5.69 Å². The van der Waals surface area contributed by atoms with Gasteiger partial charge < -0.3 is 0 Å². The maximum absolute atomic E-state index is 13.7. The standard InChI is InChI=1S/C21H17N5O4S/c27-20-17-10-15(12-23-19(17)24-21(28)25-20)31(29,30)26-9-7-13-4-1-2-6-16(13)18(26)14-5-3-8-22-11-14/h1-6,8,10-12,18H,7,9H2,(H2,23,24,25,27,28). The normalized spacial score (nSPS) is 16.8. The number of H-pyrrole nitrogens is 2. The molecule has 1 aromatic carbocycles. The first-order valence-corrected chi connectivity index (χ1v) is 11.0. The molecule has 0 bridgehead atoms. The van der Waals surface area contributed by atoms with Crippen LogP contribution >= 0.6 is 0 Å². The number of nitrogens with zero attached hydrogens (tertiary/aromatic N) is 3. The van der Waals surface area contributed by atoms with E-state index in [0.717, 1.165) is 22.9 Å². The molecule has 1 atom stereocenters. The molecule has 0 saturated carbocycles. The molecule has 0 amide bonds. The highest BCUT2D eigenvalue weighted by Gasteiger charge is 2.37. The Morgan fingerprint density at radius 3 is 2.68 bits per heavy atom. The SMILES string of the molecule is O=c1[nH]c(=O)c2cc(S(=O)(=O)N3CCc4ccccc4C3c3cccnc3)cnc2[nH]1. The summed E-state index contributed by atoms with van der Waals surface area (Å²) >= 11 is 0. The van der Waals surface area contributed by atoms with E-state index in [2.05, 4.69) is 19.9 Å². The van der Waals surface area contributed by atoms with Crippen molar-refractivity contribution < 1.29 is 8.42 Å². The summed E-state index contributed by atoms with van der Waals surface area (Å²) in [5, 5.41) is -0.00369. The van der Waals surface area contributed by atoms with E-state index in [1.807, 2.05) is 30.3 Å². The lowest BCUT2D eigenvalue weighted by molar-refractivity contribution is 0.343. The van der Waals surface area contributed by atoms with E-state index in [1.165, 1.54) is 10.4 Å². The zero-order chi connectivity index (χ0) is 21.6. The molecule has 0 fully saturated rings. The number of rotatable bonds is 3. The predicted molar refractivity (Wildman–Crippen MR) is 113 cm³/mol. The van der Waals surface area contributed by atoms with Gasteiger partial charge in [-0.2, -0.15) is 4.31 Å². The fourth-order valence-electron chi connectivity index (χ4n) is 3.99. The summed E-state index contributed by atoms with van der Waals surface area (Å²) in [5.74, 6) is 0. The first-order valence-electron chi connectivity index (χ1n) is 9.57. The summed E-state index contributed by atoms with van der Waals surface area (Å²) in [6, 6.07) is 12.0. The molecule has 1 aliphatic rings. The molecule has 0 spiro atoms. The topological polar surface area (TPSA) is 129 Å². The number of pyridine rings is 2. The van der Waals surface area contributed by atoms with Crippen LogP contribution in [0.2, 0.25) is 0 Å². The van der Waals surface area contributed by atoms with Gasteiger partial charge in [-0.05, 0) is 35.2 Å². The van der Waals surface area contributed by atoms with Crippen molar-refractivity contribution in [2.24, 2.45) is 0 Å². The zero-order valence-electron chi connectivity index (χ0n) is 16.1. The average molecular weight is 435 g/mol. The van der Waals surface area contributed by atoms with Crippen LogP contribution in [0.1, 0.15) is 22.7 Å². The Labute approximate surface area is 176 Å². The Morgan fingerprint density at radius 2 is 1.87 bits per heavy atom. The van der Waals surface area contributed by atoms with Crippen LogP contribution in [0.4, 0.5) is 0 Å². The molecule has 5 rings (SSSR count). The van der Waals surface area contributed by atoms with Gasteiger partial charge in [-0.3, -0.25) is 19.7 Å². The number of hydrogen-bond acceptors (Lipinski definition) is 6. The van der Waals surface area contributed by atoms with E-state index in [4.69, 9.17) is 0 Å². The molecule has 0 saturated heterocycles. The average Bonchev–Trinajstić information content (AvgIpc) is 2.78. The van der Waals surface area contributed by atoms with Crippen LogP contribution in [0.25, 0.3) is 11.0 Å². The molecule has 3 aromatic heterocycles. The largest absolute Gasteiger partial charge is 0.327 e. The van der Waals surface area contributed by atoms with E-state index in [-0.39, 0.29) is 22.5 Å². The van der Waals surface area contributed by atoms with Gasteiger partial charge in [0.2, 0.25) is 10.0 Å². The fourth-order valence-corrected chi connectivity index (χ4v) is 5.56. The molecule has 9 nitrogen and oxygen atoms in total. The highest BCUT2D eigenvalue weighted by molar-refractivity contribution is 7.89. The summed E-state index contributed by atoms with van der Waals surface area (Å²) in [5.41, 5.74) is 1.34. The number of aromatic amines is 2. The maximum atomic E-state index is 13.7. The second-order valence-electron chi connectivity index (χ2n) is 7.23. The van der Waals surface area contributed by atoms with Crippen molar-refractivity contribution in [1.82, 2.24) is 24.2 Å². The Morgan fingerprint density at radius 1 is 1.03 bits per heavy atom. The number of hydrogen-bond donors (Lipinski definition) is 2. The van der Waals surface area contributed by atoms with Crippen molar-refractivity contribution in [2.45, 2.75) is 17.4 Å². The maximum Gasteiger partial charge on any atom is 0.327 e. The van der Waals surface area contributed by atoms with Crippen molar-refractivity contribution in [3.05, 3.63) is 98.6 Å². The van der Waals surface area contributed by atoms with Gasteiger partial charge in [-0.1, -0.05) is 30.3 Å². The quantitative estimate of drug-likeness (QED) is 0.500. The van der Waals surface area contributed by atoms with Crippen LogP contribution in [0, 0.1) is 0 Å². The van der Waals surface area contributed by atoms with Crippen LogP contribution < -0.4 is 11.2 Å². The van der Waals surface area contributed by atoms with E-state index >= 15 is 0 Å². The molecule has 1 aliphatic heterocycles. The van der Waals surface area contributed by atoms with Crippen molar-refractivity contribution in [2.75, 3.05) is 6.54 Å². The molecular formula is C21H17N5O4S. The minimum atomic E-state index is -4.02. The smallest absolute Gasteiger partial charge is 0.291 e. The molecule has 4 aromatic rings. The summed E-state index contributed by atoms with van der Waals surface area (Å²) < 4.78 is 28.8. The van der Waals surface area contributed by atoms with Crippen LogP contribution in [0.3, 0.4) is 0 Å². The second-order valence-corrected chi connectivity index (χ2v) is 9.12. The minimum absolute atomic E-state index is 0.00369. The van der Waals surface area contributed by atoms with Gasteiger partial charge in [0.1, 0.15) is 10.5 Å². The van der Waals surface area contributed by atoms with Crippen LogP contribution in [0.5, 0.6) is 0 Å². The number of aromatic nitrogens is 4. The second kappa shape index (κ2) is 7.25. The molecule has 1 unspecified atom stereocenters. The third kappa shape index (κ3) is 3.25. The third-order valence-electron chi connectivity index (χ3n) is 5.41. The summed E-state index contributed by atoms with van der Waals surface area (Å²) in [7, 11) is -4.02. The van der Waals surface area contributed by atoms with Crippen LogP contribution in [0.15, 0.2) is 75.5 Å². The fraction of sp³-hybridized carbons (Fsp3) is 0.143. The first-order chi connectivity index (χ1) is 14.9. The van der Waals surface area contributed by atoms with Crippen molar-refractivity contribution in [3.63, 3.8) is 0 Å². The van der Waals surface area contributed by atoms with Crippen molar-refractivity contribution in [3.8, 4) is 0 Å².